The summed E-state index contributed by atoms with van der Waals surface area (Å²) in [6.07, 6.45) is 1.07. The van der Waals surface area contributed by atoms with Crippen molar-refractivity contribution in [2.45, 2.75) is 31.2 Å². The van der Waals surface area contributed by atoms with Gasteiger partial charge in [-0.05, 0) is 39.0 Å². The minimum absolute atomic E-state index is 0.0592. The SMILES string of the molecule is Cc1nc(S(C)(=O)=O)sc1-c1csc(Nc2cc(C(N)=O)ccc2OC(C)C)n1. The third kappa shape index (κ3) is 4.92. The molecule has 29 heavy (non-hydrogen) atoms. The number of primary amides is 1. The van der Waals surface area contributed by atoms with Crippen molar-refractivity contribution in [1.82, 2.24) is 9.97 Å². The fourth-order valence-electron chi connectivity index (χ4n) is 2.46. The molecule has 2 heterocycles. The zero-order valence-corrected chi connectivity index (χ0v) is 18.7. The van der Waals surface area contributed by atoms with Gasteiger partial charge >= 0.3 is 0 Å². The summed E-state index contributed by atoms with van der Waals surface area (Å²) >= 11 is 2.43. The summed E-state index contributed by atoms with van der Waals surface area (Å²) in [4.78, 5) is 20.9. The number of ether oxygens (including phenoxy) is 1. The number of aromatic nitrogens is 2. The van der Waals surface area contributed by atoms with Gasteiger partial charge in [0.1, 0.15) is 5.75 Å². The smallest absolute Gasteiger partial charge is 0.248 e. The molecular weight excluding hydrogens is 432 g/mol. The van der Waals surface area contributed by atoms with Crippen LogP contribution in [0.4, 0.5) is 10.8 Å². The lowest BCUT2D eigenvalue weighted by atomic mass is 10.1. The van der Waals surface area contributed by atoms with Crippen molar-refractivity contribution < 1.29 is 17.9 Å². The van der Waals surface area contributed by atoms with Gasteiger partial charge in [-0.2, -0.15) is 0 Å². The number of nitrogens with zero attached hydrogens (tertiary/aromatic N) is 2. The van der Waals surface area contributed by atoms with Gasteiger partial charge in [-0.1, -0.05) is 0 Å². The number of nitrogens with one attached hydrogen (secondary N) is 1. The summed E-state index contributed by atoms with van der Waals surface area (Å²) in [5.74, 6) is 0.0210. The molecule has 3 rings (SSSR count). The second kappa shape index (κ2) is 8.09. The van der Waals surface area contributed by atoms with Crippen LogP contribution in [0, 0.1) is 6.92 Å². The molecule has 2 aromatic heterocycles. The highest BCUT2D eigenvalue weighted by molar-refractivity contribution is 7.92. The topological polar surface area (TPSA) is 124 Å². The maximum Gasteiger partial charge on any atom is 0.248 e. The Morgan fingerprint density at radius 3 is 2.59 bits per heavy atom. The summed E-state index contributed by atoms with van der Waals surface area (Å²) in [7, 11) is -3.38. The Morgan fingerprint density at radius 1 is 1.28 bits per heavy atom. The van der Waals surface area contributed by atoms with E-state index in [1.807, 2.05) is 19.2 Å². The molecule has 0 aliphatic carbocycles. The quantitative estimate of drug-likeness (QED) is 0.561. The van der Waals surface area contributed by atoms with Crippen LogP contribution in [0.3, 0.4) is 0 Å². The fraction of sp³-hybridized carbons (Fsp3) is 0.278. The van der Waals surface area contributed by atoms with E-state index in [1.54, 1.807) is 25.1 Å². The van der Waals surface area contributed by atoms with Crippen molar-refractivity contribution in [3.05, 3.63) is 34.8 Å². The van der Waals surface area contributed by atoms with Crippen molar-refractivity contribution >= 4 is 49.2 Å². The third-order valence-corrected chi connectivity index (χ3v) is 7.32. The van der Waals surface area contributed by atoms with Gasteiger partial charge in [-0.3, -0.25) is 4.79 Å². The molecule has 0 aliphatic heterocycles. The first-order chi connectivity index (χ1) is 13.5. The molecule has 1 amide bonds. The van der Waals surface area contributed by atoms with Crippen LogP contribution < -0.4 is 15.8 Å². The molecule has 8 nitrogen and oxygen atoms in total. The number of nitrogens with two attached hydrogens (primary N) is 1. The van der Waals surface area contributed by atoms with Crippen molar-refractivity contribution in [2.75, 3.05) is 11.6 Å². The van der Waals surface area contributed by atoms with E-state index in [0.29, 0.717) is 38.4 Å². The number of rotatable bonds is 7. The first-order valence-corrected chi connectivity index (χ1v) is 12.1. The van der Waals surface area contributed by atoms with Crippen LogP contribution in [0.5, 0.6) is 5.75 Å². The normalized spacial score (nSPS) is 11.6. The maximum atomic E-state index is 11.8. The van der Waals surface area contributed by atoms with E-state index in [1.165, 1.54) is 11.3 Å². The fourth-order valence-corrected chi connectivity index (χ4v) is 5.16. The monoisotopic (exact) mass is 452 g/mol. The van der Waals surface area contributed by atoms with Crippen LogP contribution in [0.25, 0.3) is 10.6 Å². The average molecular weight is 453 g/mol. The first kappa shape index (κ1) is 21.2. The van der Waals surface area contributed by atoms with Crippen molar-refractivity contribution in [3.8, 4) is 16.3 Å². The molecule has 3 N–H and O–H groups in total. The van der Waals surface area contributed by atoms with Crippen LogP contribution in [0.1, 0.15) is 29.9 Å². The summed E-state index contributed by atoms with van der Waals surface area (Å²) < 4.78 is 29.4. The lowest BCUT2D eigenvalue weighted by molar-refractivity contribution is 0.100. The van der Waals surface area contributed by atoms with Crippen LogP contribution in [-0.4, -0.2) is 36.7 Å². The molecule has 11 heteroatoms. The summed E-state index contributed by atoms with van der Waals surface area (Å²) in [5.41, 5.74) is 7.52. The second-order valence-electron chi connectivity index (χ2n) is 6.57. The van der Waals surface area contributed by atoms with E-state index in [4.69, 9.17) is 10.5 Å². The van der Waals surface area contributed by atoms with Gasteiger partial charge in [0, 0.05) is 17.2 Å². The minimum Gasteiger partial charge on any atom is -0.489 e. The lowest BCUT2D eigenvalue weighted by Crippen LogP contribution is -2.12. The average Bonchev–Trinajstić information content (AvgIpc) is 3.21. The largest absolute Gasteiger partial charge is 0.489 e. The molecule has 0 unspecified atom stereocenters. The zero-order chi connectivity index (χ0) is 21.3. The van der Waals surface area contributed by atoms with E-state index in [9.17, 15) is 13.2 Å². The molecule has 0 saturated heterocycles. The molecule has 1 aromatic carbocycles. The van der Waals surface area contributed by atoms with E-state index < -0.39 is 15.7 Å². The molecule has 0 saturated carbocycles. The summed E-state index contributed by atoms with van der Waals surface area (Å²) in [6.45, 7) is 5.55. The first-order valence-electron chi connectivity index (χ1n) is 8.55. The molecule has 0 aliphatic rings. The summed E-state index contributed by atoms with van der Waals surface area (Å²) in [6, 6.07) is 4.90. The van der Waals surface area contributed by atoms with Crippen molar-refractivity contribution in [1.29, 1.82) is 0 Å². The van der Waals surface area contributed by atoms with Gasteiger partial charge in [0.15, 0.2) is 5.13 Å². The highest BCUT2D eigenvalue weighted by atomic mass is 32.2. The molecule has 0 spiro atoms. The predicted octanol–water partition coefficient (Wildman–Crippen LogP) is 3.61. The number of hydrogen-bond donors (Lipinski definition) is 2. The summed E-state index contributed by atoms with van der Waals surface area (Å²) in [5, 5.41) is 5.53. The van der Waals surface area contributed by atoms with Crippen LogP contribution in [0.15, 0.2) is 27.9 Å². The Kier molecular flexibility index (Phi) is 5.92. The Hall–Kier alpha value is -2.50. The number of anilines is 2. The second-order valence-corrected chi connectivity index (χ2v) is 10.6. The number of aryl methyl sites for hydroxylation is 1. The van der Waals surface area contributed by atoms with Crippen LogP contribution in [0.2, 0.25) is 0 Å². The third-order valence-electron chi connectivity index (χ3n) is 3.70. The zero-order valence-electron chi connectivity index (χ0n) is 16.2. The van der Waals surface area contributed by atoms with Crippen LogP contribution in [-0.2, 0) is 9.84 Å². The molecule has 0 fully saturated rings. The van der Waals surface area contributed by atoms with E-state index in [0.717, 1.165) is 17.6 Å². The van der Waals surface area contributed by atoms with Gasteiger partial charge in [0.2, 0.25) is 20.1 Å². The Labute approximate surface area is 176 Å². The molecular formula is C18H20N4O4S3. The van der Waals surface area contributed by atoms with Crippen LogP contribution >= 0.6 is 22.7 Å². The van der Waals surface area contributed by atoms with Crippen molar-refractivity contribution in [3.63, 3.8) is 0 Å². The number of benzene rings is 1. The highest BCUT2D eigenvalue weighted by Crippen LogP contribution is 2.36. The van der Waals surface area contributed by atoms with Gasteiger partial charge in [0.25, 0.3) is 0 Å². The van der Waals surface area contributed by atoms with E-state index >= 15 is 0 Å². The number of thiazole rings is 2. The Bertz CT molecular complexity index is 1170. The number of amides is 1. The van der Waals surface area contributed by atoms with Gasteiger partial charge < -0.3 is 15.8 Å². The highest BCUT2D eigenvalue weighted by Gasteiger charge is 2.19. The van der Waals surface area contributed by atoms with E-state index in [2.05, 4.69) is 15.3 Å². The molecule has 0 radical (unpaired) electrons. The molecule has 3 aromatic rings. The predicted molar refractivity (Wildman–Crippen MR) is 115 cm³/mol. The van der Waals surface area contributed by atoms with E-state index in [-0.39, 0.29) is 10.4 Å². The standard InChI is InChI=1S/C18H20N4O4S3/c1-9(2)26-14-6-5-11(16(19)23)7-12(14)21-17-22-13(8-27-17)15-10(3)20-18(28-15)29(4,24)25/h5-9H,1-4H3,(H2,19,23)(H,21,22). The molecule has 0 atom stereocenters. The van der Waals surface area contributed by atoms with Crippen molar-refractivity contribution in [2.24, 2.45) is 5.73 Å². The Morgan fingerprint density at radius 2 is 2.00 bits per heavy atom. The van der Waals surface area contributed by atoms with Gasteiger partial charge in [0.05, 0.1) is 28.1 Å². The van der Waals surface area contributed by atoms with Gasteiger partial charge in [-0.15, -0.1) is 22.7 Å². The molecule has 0 bridgehead atoms. The van der Waals surface area contributed by atoms with Gasteiger partial charge in [-0.25, -0.2) is 18.4 Å². The lowest BCUT2D eigenvalue weighted by Gasteiger charge is -2.15. The number of hydrogen-bond acceptors (Lipinski definition) is 9. The number of sulfone groups is 1. The molecule has 154 valence electrons. The Balaban J connectivity index is 1.93. The number of carbonyl (C=O) groups excluding carboxylic acids is 1. The maximum absolute atomic E-state index is 11.8. The number of carbonyl (C=O) groups is 1. The minimum atomic E-state index is -3.38.